The fourth-order valence-electron chi connectivity index (χ4n) is 2.73. The summed E-state index contributed by atoms with van der Waals surface area (Å²) in [6.07, 6.45) is 15.7. The molecule has 3 nitrogen and oxygen atoms in total. The lowest BCUT2D eigenvalue weighted by Gasteiger charge is -2.31. The van der Waals surface area contributed by atoms with Crippen molar-refractivity contribution >= 4 is 14.3 Å². The van der Waals surface area contributed by atoms with Crippen molar-refractivity contribution < 1.29 is 14.0 Å². The summed E-state index contributed by atoms with van der Waals surface area (Å²) >= 11 is 0. The molecule has 0 radical (unpaired) electrons. The van der Waals surface area contributed by atoms with Crippen LogP contribution in [0.3, 0.4) is 0 Å². The first-order valence-corrected chi connectivity index (χ1v) is 11.7. The van der Waals surface area contributed by atoms with Crippen LogP contribution in [-0.4, -0.2) is 21.4 Å². The van der Waals surface area contributed by atoms with Crippen LogP contribution in [0.1, 0.15) is 25.7 Å². The van der Waals surface area contributed by atoms with Crippen molar-refractivity contribution in [3.05, 3.63) is 48.8 Å². The van der Waals surface area contributed by atoms with Gasteiger partial charge < -0.3 is 9.16 Å². The van der Waals surface area contributed by atoms with E-state index in [1.165, 1.54) is 7.11 Å². The van der Waals surface area contributed by atoms with Gasteiger partial charge in [0.2, 0.25) is 8.32 Å². The average molecular weight is 335 g/mol. The monoisotopic (exact) mass is 334 g/mol. The maximum atomic E-state index is 11.3. The van der Waals surface area contributed by atoms with Gasteiger partial charge in [-0.2, -0.15) is 0 Å². The third-order valence-corrected chi connectivity index (χ3v) is 4.61. The van der Waals surface area contributed by atoms with Gasteiger partial charge in [-0.1, -0.05) is 30.9 Å². The Morgan fingerprint density at radius 3 is 2.78 bits per heavy atom. The highest BCUT2D eigenvalue weighted by Gasteiger charge is 2.26. The Kier molecular flexibility index (Phi) is 8.10. The molecule has 23 heavy (non-hydrogen) atoms. The van der Waals surface area contributed by atoms with Gasteiger partial charge in [-0.15, -0.1) is 0 Å². The Morgan fingerprint density at radius 1 is 1.43 bits per heavy atom. The zero-order chi connectivity index (χ0) is 17.3. The second-order valence-electron chi connectivity index (χ2n) is 6.84. The third-order valence-electron chi connectivity index (χ3n) is 3.73. The van der Waals surface area contributed by atoms with Crippen LogP contribution in [0.5, 0.6) is 0 Å². The number of hydrogen-bond acceptors (Lipinski definition) is 3. The van der Waals surface area contributed by atoms with Crippen LogP contribution >= 0.6 is 0 Å². The number of rotatable bonds is 8. The van der Waals surface area contributed by atoms with Gasteiger partial charge >= 0.3 is 5.97 Å². The lowest BCUT2D eigenvalue weighted by molar-refractivity contribution is -0.134. The number of hydrogen-bond donors (Lipinski definition) is 0. The zero-order valence-electron chi connectivity index (χ0n) is 14.9. The molecule has 0 N–H and O–H groups in total. The van der Waals surface area contributed by atoms with Gasteiger partial charge in [0, 0.05) is 12.5 Å². The van der Waals surface area contributed by atoms with Gasteiger partial charge in [0.1, 0.15) is 0 Å². The molecular formula is C19H30O3Si. The molecule has 1 aliphatic carbocycles. The van der Waals surface area contributed by atoms with Crippen LogP contribution in [0.2, 0.25) is 19.6 Å². The minimum absolute atomic E-state index is 0.288. The first-order chi connectivity index (χ1) is 10.9. The summed E-state index contributed by atoms with van der Waals surface area (Å²) < 4.78 is 10.9. The van der Waals surface area contributed by atoms with Crippen molar-refractivity contribution in [3.8, 4) is 0 Å². The zero-order valence-corrected chi connectivity index (χ0v) is 15.9. The van der Waals surface area contributed by atoms with Crippen molar-refractivity contribution in [1.82, 2.24) is 0 Å². The van der Waals surface area contributed by atoms with Crippen LogP contribution in [0.15, 0.2) is 48.8 Å². The molecule has 1 aliphatic rings. The molecular weight excluding hydrogens is 304 g/mol. The summed E-state index contributed by atoms with van der Waals surface area (Å²) in [5.74, 6) is 1.60. The number of methoxy groups -OCH3 is 1. The molecule has 0 fully saturated rings. The van der Waals surface area contributed by atoms with E-state index in [-0.39, 0.29) is 5.97 Å². The highest BCUT2D eigenvalue weighted by Crippen LogP contribution is 2.34. The van der Waals surface area contributed by atoms with Crippen molar-refractivity contribution in [2.75, 3.05) is 7.11 Å². The van der Waals surface area contributed by atoms with Crippen molar-refractivity contribution in [2.24, 2.45) is 11.8 Å². The van der Waals surface area contributed by atoms with E-state index in [0.717, 1.165) is 31.4 Å². The van der Waals surface area contributed by atoms with Crippen LogP contribution in [0.4, 0.5) is 0 Å². The molecule has 4 heteroatoms. The highest BCUT2D eigenvalue weighted by atomic mass is 28.4. The molecule has 0 spiro atoms. The van der Waals surface area contributed by atoms with Gasteiger partial charge in [-0.05, 0) is 56.8 Å². The van der Waals surface area contributed by atoms with E-state index in [9.17, 15) is 4.79 Å². The van der Waals surface area contributed by atoms with E-state index in [0.29, 0.717) is 11.8 Å². The van der Waals surface area contributed by atoms with Crippen molar-refractivity contribution in [2.45, 2.75) is 45.3 Å². The summed E-state index contributed by atoms with van der Waals surface area (Å²) in [6, 6.07) is 0. The maximum absolute atomic E-state index is 11.3. The van der Waals surface area contributed by atoms with E-state index in [1.54, 1.807) is 12.2 Å². The van der Waals surface area contributed by atoms with E-state index in [2.05, 4.69) is 38.4 Å². The van der Waals surface area contributed by atoms with Crippen molar-refractivity contribution in [1.29, 1.82) is 0 Å². The number of esters is 1. The molecule has 0 amide bonds. The van der Waals surface area contributed by atoms with Crippen LogP contribution in [0, 0.1) is 11.8 Å². The minimum atomic E-state index is -1.57. The molecule has 2 atom stereocenters. The standard InChI is InChI=1S/C19H30O3Si/c1-6-7-8-9-10-17-15-18(22-23(3,4)5)13-11-16(17)12-14-19(20)21-2/h6-8,12,14-17H,1,9-11,13H2,2-5H3/b8-7+,14-12+. The topological polar surface area (TPSA) is 35.5 Å². The molecule has 0 aliphatic heterocycles. The van der Waals surface area contributed by atoms with Gasteiger partial charge in [-0.25, -0.2) is 4.79 Å². The van der Waals surface area contributed by atoms with Gasteiger partial charge in [0.05, 0.1) is 12.9 Å². The fraction of sp³-hybridized carbons (Fsp3) is 0.526. The number of allylic oxidation sites excluding steroid dienone is 6. The van der Waals surface area contributed by atoms with E-state index < -0.39 is 8.32 Å². The lowest BCUT2D eigenvalue weighted by atomic mass is 9.80. The normalized spacial score (nSPS) is 22.2. The Hall–Kier alpha value is -1.55. The molecule has 0 heterocycles. The van der Waals surface area contributed by atoms with Crippen LogP contribution < -0.4 is 0 Å². The number of carbonyl (C=O) groups is 1. The van der Waals surface area contributed by atoms with Gasteiger partial charge in [-0.3, -0.25) is 0 Å². The molecule has 0 bridgehead atoms. The lowest BCUT2D eigenvalue weighted by Crippen LogP contribution is -2.27. The molecule has 0 aromatic heterocycles. The second-order valence-corrected chi connectivity index (χ2v) is 11.3. The molecule has 0 saturated carbocycles. The van der Waals surface area contributed by atoms with Gasteiger partial charge in [0.15, 0.2) is 0 Å². The predicted octanol–water partition coefficient (Wildman–Crippen LogP) is 5.00. The Bertz CT molecular complexity index is 483. The largest absolute Gasteiger partial charge is 0.548 e. The Labute approximate surface area is 141 Å². The predicted molar refractivity (Wildman–Crippen MR) is 98.5 cm³/mol. The molecule has 0 aromatic rings. The van der Waals surface area contributed by atoms with Gasteiger partial charge in [0.25, 0.3) is 0 Å². The summed E-state index contributed by atoms with van der Waals surface area (Å²) in [7, 11) is -0.162. The first-order valence-electron chi connectivity index (χ1n) is 8.29. The summed E-state index contributed by atoms with van der Waals surface area (Å²) in [5.41, 5.74) is 0. The fourth-order valence-corrected chi connectivity index (χ4v) is 3.69. The summed E-state index contributed by atoms with van der Waals surface area (Å²) in [6.45, 7) is 10.3. The smallest absolute Gasteiger partial charge is 0.330 e. The first kappa shape index (κ1) is 19.5. The Balaban J connectivity index is 2.80. The molecule has 1 rings (SSSR count). The van der Waals surface area contributed by atoms with Crippen LogP contribution in [-0.2, 0) is 14.0 Å². The second kappa shape index (κ2) is 9.56. The van der Waals surface area contributed by atoms with E-state index in [1.807, 2.05) is 12.2 Å². The molecule has 0 aromatic carbocycles. The molecule has 0 saturated heterocycles. The Morgan fingerprint density at radius 2 is 2.17 bits per heavy atom. The average Bonchev–Trinajstić information content (AvgIpc) is 2.48. The molecule has 128 valence electrons. The van der Waals surface area contributed by atoms with Crippen LogP contribution in [0.25, 0.3) is 0 Å². The number of carbonyl (C=O) groups excluding carboxylic acids is 1. The highest BCUT2D eigenvalue weighted by molar-refractivity contribution is 6.70. The van der Waals surface area contributed by atoms with Crippen molar-refractivity contribution in [3.63, 3.8) is 0 Å². The quantitative estimate of drug-likeness (QED) is 0.271. The maximum Gasteiger partial charge on any atom is 0.330 e. The number of ether oxygens (including phenoxy) is 1. The summed E-state index contributed by atoms with van der Waals surface area (Å²) in [5, 5.41) is 0. The minimum Gasteiger partial charge on any atom is -0.548 e. The summed E-state index contributed by atoms with van der Waals surface area (Å²) in [4.78, 5) is 11.3. The molecule has 2 unspecified atom stereocenters. The third kappa shape index (κ3) is 8.02. The van der Waals surface area contributed by atoms with E-state index in [4.69, 9.17) is 9.16 Å². The SMILES string of the molecule is C=C/C=C/CCC1C=C(O[Si](C)(C)C)CCC1/C=C/C(=O)OC. The van der Waals surface area contributed by atoms with E-state index >= 15 is 0 Å².